The normalized spacial score (nSPS) is 18.8. The minimum atomic E-state index is -3.54. The van der Waals surface area contributed by atoms with Crippen LogP contribution in [0, 0.1) is 17.8 Å². The van der Waals surface area contributed by atoms with E-state index >= 15 is 0 Å². The van der Waals surface area contributed by atoms with Crippen molar-refractivity contribution in [3.63, 3.8) is 0 Å². The topological polar surface area (TPSA) is 66.5 Å². The third-order valence-corrected chi connectivity index (χ3v) is 7.78. The molecule has 2 rings (SSSR count). The van der Waals surface area contributed by atoms with Crippen molar-refractivity contribution in [1.82, 2.24) is 9.62 Å². The van der Waals surface area contributed by atoms with Crippen LogP contribution in [0.4, 0.5) is 0 Å². The van der Waals surface area contributed by atoms with Gasteiger partial charge in [0.05, 0.1) is 21.7 Å². The zero-order valence-corrected chi connectivity index (χ0v) is 19.2. The van der Waals surface area contributed by atoms with Crippen LogP contribution in [0.15, 0.2) is 18.2 Å². The third-order valence-electron chi connectivity index (χ3n) is 5.23. The third kappa shape index (κ3) is 6.09. The van der Waals surface area contributed by atoms with Crippen LogP contribution in [0.1, 0.15) is 46.1 Å². The molecule has 1 amide bonds. The molecule has 0 aromatic heterocycles. The average molecular weight is 449 g/mol. The molecular formula is C20H30Cl2N2O3S. The molecule has 0 saturated carbocycles. The van der Waals surface area contributed by atoms with E-state index in [4.69, 9.17) is 23.2 Å². The molecule has 1 atom stereocenters. The molecular weight excluding hydrogens is 419 g/mol. The molecule has 1 heterocycles. The molecule has 0 bridgehead atoms. The van der Waals surface area contributed by atoms with Gasteiger partial charge in [0.25, 0.3) is 0 Å². The van der Waals surface area contributed by atoms with Gasteiger partial charge in [0, 0.05) is 19.1 Å². The van der Waals surface area contributed by atoms with Gasteiger partial charge in [-0.15, -0.1) is 0 Å². The Hall–Kier alpha value is -0.820. The van der Waals surface area contributed by atoms with E-state index < -0.39 is 10.0 Å². The number of rotatable bonds is 7. The highest BCUT2D eigenvalue weighted by Crippen LogP contribution is 2.26. The van der Waals surface area contributed by atoms with Crippen LogP contribution in [0.5, 0.6) is 0 Å². The van der Waals surface area contributed by atoms with Crippen molar-refractivity contribution in [3.05, 3.63) is 33.8 Å². The summed E-state index contributed by atoms with van der Waals surface area (Å²) >= 11 is 11.9. The van der Waals surface area contributed by atoms with Crippen molar-refractivity contribution in [1.29, 1.82) is 0 Å². The molecule has 5 nitrogen and oxygen atoms in total. The number of benzene rings is 1. The van der Waals surface area contributed by atoms with Crippen molar-refractivity contribution in [2.75, 3.05) is 13.1 Å². The predicted octanol–water partition coefficient (Wildman–Crippen LogP) is 4.33. The molecule has 1 fully saturated rings. The monoisotopic (exact) mass is 448 g/mol. The van der Waals surface area contributed by atoms with Crippen molar-refractivity contribution >= 4 is 39.1 Å². The lowest BCUT2D eigenvalue weighted by Gasteiger charge is -2.33. The second-order valence-corrected chi connectivity index (χ2v) is 11.0. The minimum absolute atomic E-state index is 0.0539. The van der Waals surface area contributed by atoms with E-state index in [-0.39, 0.29) is 30.2 Å². The minimum Gasteiger partial charge on any atom is -0.353 e. The van der Waals surface area contributed by atoms with E-state index in [1.807, 2.05) is 0 Å². The molecule has 1 aliphatic heterocycles. The number of piperidine rings is 1. The molecule has 0 spiro atoms. The number of sulfonamides is 1. The summed E-state index contributed by atoms with van der Waals surface area (Å²) < 4.78 is 27.2. The van der Waals surface area contributed by atoms with Gasteiger partial charge in [0.15, 0.2) is 0 Å². The van der Waals surface area contributed by atoms with Gasteiger partial charge in [0.1, 0.15) is 0 Å². The summed E-state index contributed by atoms with van der Waals surface area (Å²) in [5, 5.41) is 3.85. The molecule has 1 aliphatic rings. The molecule has 1 aromatic carbocycles. The number of nitrogens with zero attached hydrogens (tertiary/aromatic N) is 1. The van der Waals surface area contributed by atoms with Gasteiger partial charge in [-0.3, -0.25) is 4.79 Å². The molecule has 0 unspecified atom stereocenters. The Bertz CT molecular complexity index is 789. The lowest BCUT2D eigenvalue weighted by molar-refractivity contribution is -0.127. The Labute approximate surface area is 178 Å². The zero-order valence-electron chi connectivity index (χ0n) is 16.9. The van der Waals surface area contributed by atoms with Crippen LogP contribution in [-0.4, -0.2) is 37.8 Å². The average Bonchev–Trinajstić information content (AvgIpc) is 2.62. The smallest absolute Gasteiger partial charge is 0.224 e. The van der Waals surface area contributed by atoms with E-state index in [1.165, 1.54) is 4.31 Å². The first kappa shape index (κ1) is 23.5. The Morgan fingerprint density at radius 1 is 1.18 bits per heavy atom. The van der Waals surface area contributed by atoms with Gasteiger partial charge in [-0.05, 0) is 42.4 Å². The molecule has 28 heavy (non-hydrogen) atoms. The summed E-state index contributed by atoms with van der Waals surface area (Å²) in [6.45, 7) is 8.99. The van der Waals surface area contributed by atoms with Crippen LogP contribution >= 0.6 is 23.2 Å². The second kappa shape index (κ2) is 9.79. The van der Waals surface area contributed by atoms with Gasteiger partial charge in [-0.2, -0.15) is 0 Å². The van der Waals surface area contributed by atoms with E-state index in [9.17, 15) is 13.2 Å². The Morgan fingerprint density at radius 2 is 1.82 bits per heavy atom. The Kier molecular flexibility index (Phi) is 8.20. The predicted molar refractivity (Wildman–Crippen MR) is 115 cm³/mol. The number of hydrogen-bond acceptors (Lipinski definition) is 3. The fourth-order valence-corrected chi connectivity index (χ4v) is 5.64. The first-order valence-electron chi connectivity index (χ1n) is 9.73. The number of carbonyl (C=O) groups excluding carboxylic acids is 1. The first-order chi connectivity index (χ1) is 13.0. The van der Waals surface area contributed by atoms with Gasteiger partial charge in [-0.1, -0.05) is 57.0 Å². The number of carbonyl (C=O) groups is 1. The lowest BCUT2D eigenvalue weighted by Crippen LogP contribution is -2.50. The molecule has 158 valence electrons. The van der Waals surface area contributed by atoms with Crippen molar-refractivity contribution in [2.24, 2.45) is 17.8 Å². The van der Waals surface area contributed by atoms with Crippen LogP contribution in [-0.2, 0) is 20.6 Å². The van der Waals surface area contributed by atoms with E-state index in [0.29, 0.717) is 46.8 Å². The van der Waals surface area contributed by atoms with Crippen LogP contribution in [0.3, 0.4) is 0 Å². The van der Waals surface area contributed by atoms with Crippen molar-refractivity contribution in [3.8, 4) is 0 Å². The van der Waals surface area contributed by atoms with Crippen molar-refractivity contribution < 1.29 is 13.2 Å². The molecule has 0 aliphatic carbocycles. The highest BCUT2D eigenvalue weighted by molar-refractivity contribution is 7.88. The molecule has 0 radical (unpaired) electrons. The molecule has 1 N–H and O–H groups in total. The van der Waals surface area contributed by atoms with E-state index in [2.05, 4.69) is 33.0 Å². The fourth-order valence-electron chi connectivity index (χ4n) is 3.73. The summed E-state index contributed by atoms with van der Waals surface area (Å²) in [6, 6.07) is 4.91. The molecule has 1 saturated heterocycles. The maximum absolute atomic E-state index is 12.9. The number of nitrogens with one attached hydrogen (secondary N) is 1. The Morgan fingerprint density at radius 3 is 2.39 bits per heavy atom. The maximum Gasteiger partial charge on any atom is 0.224 e. The van der Waals surface area contributed by atoms with E-state index in [1.54, 1.807) is 18.2 Å². The summed E-state index contributed by atoms with van der Waals surface area (Å²) in [7, 11) is -3.54. The SMILES string of the molecule is CC(C)C(NC(=O)[C@H]1CCCN(S(=O)(=O)Cc2ccc(Cl)c(Cl)c2)C1)C(C)C. The van der Waals surface area contributed by atoms with E-state index in [0.717, 1.165) is 0 Å². The quantitative estimate of drug-likeness (QED) is 0.674. The maximum atomic E-state index is 12.9. The van der Waals surface area contributed by atoms with Gasteiger partial charge >= 0.3 is 0 Å². The summed E-state index contributed by atoms with van der Waals surface area (Å²) in [6.07, 6.45) is 1.38. The first-order valence-corrected chi connectivity index (χ1v) is 12.1. The van der Waals surface area contributed by atoms with Gasteiger partial charge in [-0.25, -0.2) is 12.7 Å². The standard InChI is InChI=1S/C20H30Cl2N2O3S/c1-13(2)19(14(3)4)23-20(25)16-6-5-9-24(11-16)28(26,27)12-15-7-8-17(21)18(22)10-15/h7-8,10,13-14,16,19H,5-6,9,11-12H2,1-4H3,(H,23,25)/t16-/m0/s1. The second-order valence-electron chi connectivity index (χ2n) is 8.22. The fraction of sp³-hybridized carbons (Fsp3) is 0.650. The van der Waals surface area contributed by atoms with Crippen molar-refractivity contribution in [2.45, 2.75) is 52.3 Å². The highest BCUT2D eigenvalue weighted by Gasteiger charge is 2.33. The zero-order chi connectivity index (χ0) is 21.1. The van der Waals surface area contributed by atoms with Crippen LogP contribution in [0.2, 0.25) is 10.0 Å². The summed E-state index contributed by atoms with van der Waals surface area (Å²) in [5.74, 6) is 0.113. The summed E-state index contributed by atoms with van der Waals surface area (Å²) in [5.41, 5.74) is 0.584. The highest BCUT2D eigenvalue weighted by atomic mass is 35.5. The van der Waals surface area contributed by atoms with Gasteiger partial charge in [0.2, 0.25) is 15.9 Å². The number of halogens is 2. The number of hydrogen-bond donors (Lipinski definition) is 1. The van der Waals surface area contributed by atoms with Crippen LogP contribution < -0.4 is 5.32 Å². The largest absolute Gasteiger partial charge is 0.353 e. The molecule has 1 aromatic rings. The van der Waals surface area contributed by atoms with Gasteiger partial charge < -0.3 is 5.32 Å². The Balaban J connectivity index is 2.06. The molecule has 8 heteroatoms. The summed E-state index contributed by atoms with van der Waals surface area (Å²) in [4.78, 5) is 12.8. The lowest BCUT2D eigenvalue weighted by atomic mass is 9.91. The number of amides is 1. The van der Waals surface area contributed by atoms with Crippen LogP contribution in [0.25, 0.3) is 0 Å².